The zero-order valence-corrected chi connectivity index (χ0v) is 14.9. The summed E-state index contributed by atoms with van der Waals surface area (Å²) in [5, 5.41) is 3.47. The summed E-state index contributed by atoms with van der Waals surface area (Å²) in [6, 6.07) is 12.7. The highest BCUT2D eigenvalue weighted by atomic mass is 35.5. The molecule has 1 aliphatic rings. The van der Waals surface area contributed by atoms with Crippen LogP contribution in [0.4, 0.5) is 5.69 Å². The van der Waals surface area contributed by atoms with Gasteiger partial charge in [0.15, 0.2) is 0 Å². The first-order valence-electron chi connectivity index (χ1n) is 7.58. The molecular formula is C18H20Cl2N2O2. The van der Waals surface area contributed by atoms with E-state index >= 15 is 0 Å². The number of carbonyl (C=O) groups excluding carboxylic acids is 1. The van der Waals surface area contributed by atoms with Crippen LogP contribution >= 0.6 is 24.0 Å². The normalized spacial score (nSPS) is 14.4. The van der Waals surface area contributed by atoms with Crippen LogP contribution in [-0.4, -0.2) is 13.0 Å². The molecule has 2 aromatic carbocycles. The van der Waals surface area contributed by atoms with Crippen LogP contribution in [0.1, 0.15) is 34.8 Å². The van der Waals surface area contributed by atoms with E-state index in [0.29, 0.717) is 22.2 Å². The van der Waals surface area contributed by atoms with Gasteiger partial charge in [0.2, 0.25) is 0 Å². The predicted octanol–water partition coefficient (Wildman–Crippen LogP) is 4.23. The zero-order chi connectivity index (χ0) is 16.4. The molecule has 1 fully saturated rings. The lowest BCUT2D eigenvalue weighted by Gasteiger charge is -2.19. The average molecular weight is 367 g/mol. The minimum Gasteiger partial charge on any atom is -0.497 e. The minimum atomic E-state index is -0.178. The van der Waals surface area contributed by atoms with E-state index in [9.17, 15) is 4.79 Å². The zero-order valence-electron chi connectivity index (χ0n) is 13.3. The summed E-state index contributed by atoms with van der Waals surface area (Å²) in [7, 11) is 1.64. The van der Waals surface area contributed by atoms with Gasteiger partial charge < -0.3 is 15.8 Å². The summed E-state index contributed by atoms with van der Waals surface area (Å²) in [6.45, 7) is 0. The maximum Gasteiger partial charge on any atom is 0.253 e. The van der Waals surface area contributed by atoms with Gasteiger partial charge in [0.05, 0.1) is 23.7 Å². The molecule has 128 valence electrons. The first-order chi connectivity index (χ1) is 11.1. The van der Waals surface area contributed by atoms with Crippen molar-refractivity contribution in [3.63, 3.8) is 0 Å². The molecule has 0 bridgehead atoms. The van der Waals surface area contributed by atoms with Gasteiger partial charge in [0, 0.05) is 5.69 Å². The molecule has 3 rings (SSSR count). The summed E-state index contributed by atoms with van der Waals surface area (Å²) >= 11 is 6.13. The van der Waals surface area contributed by atoms with Gasteiger partial charge in [-0.2, -0.15) is 0 Å². The Balaban J connectivity index is 0.00000208. The third-order valence-corrected chi connectivity index (χ3v) is 4.41. The molecule has 1 unspecified atom stereocenters. The van der Waals surface area contributed by atoms with Gasteiger partial charge in [-0.25, -0.2) is 0 Å². The van der Waals surface area contributed by atoms with Gasteiger partial charge in [-0.1, -0.05) is 23.7 Å². The van der Waals surface area contributed by atoms with Crippen LogP contribution in [-0.2, 0) is 0 Å². The molecule has 1 atom stereocenters. The number of anilines is 1. The van der Waals surface area contributed by atoms with Gasteiger partial charge in [-0.05, 0) is 54.7 Å². The summed E-state index contributed by atoms with van der Waals surface area (Å²) in [5.74, 6) is 1.10. The highest BCUT2D eigenvalue weighted by Gasteiger charge is 2.33. The largest absolute Gasteiger partial charge is 0.497 e. The Labute approximate surface area is 152 Å². The molecule has 1 amide bonds. The van der Waals surface area contributed by atoms with Gasteiger partial charge in [-0.3, -0.25) is 4.79 Å². The van der Waals surface area contributed by atoms with Crippen LogP contribution in [0.25, 0.3) is 0 Å². The van der Waals surface area contributed by atoms with Crippen molar-refractivity contribution >= 4 is 35.6 Å². The molecule has 0 aliphatic heterocycles. The molecule has 24 heavy (non-hydrogen) atoms. The van der Waals surface area contributed by atoms with Gasteiger partial charge in [0.1, 0.15) is 5.75 Å². The van der Waals surface area contributed by atoms with Crippen LogP contribution < -0.4 is 15.8 Å². The molecule has 2 aromatic rings. The third-order valence-electron chi connectivity index (χ3n) is 4.09. The minimum absolute atomic E-state index is 0. The first kappa shape index (κ1) is 18.4. The number of amides is 1. The Hall–Kier alpha value is -1.91. The molecule has 0 aromatic heterocycles. The molecule has 1 saturated carbocycles. The van der Waals surface area contributed by atoms with Crippen molar-refractivity contribution in [2.45, 2.75) is 18.9 Å². The molecule has 3 N–H and O–H groups in total. The summed E-state index contributed by atoms with van der Waals surface area (Å²) in [5.41, 5.74) is 7.74. The molecule has 1 aliphatic carbocycles. The fraction of sp³-hybridized carbons (Fsp3) is 0.278. The fourth-order valence-corrected chi connectivity index (χ4v) is 2.92. The molecule has 4 nitrogen and oxygen atoms in total. The van der Waals surface area contributed by atoms with Crippen molar-refractivity contribution < 1.29 is 9.53 Å². The van der Waals surface area contributed by atoms with Crippen LogP contribution in [0.3, 0.4) is 0 Å². The maximum absolute atomic E-state index is 12.6. The number of ether oxygens (including phenoxy) is 1. The standard InChI is InChI=1S/C18H19ClN2O2.ClH/c1-23-14-7-4-12(5-8-14)17(11-2-3-11)21-18(22)15-9-6-13(20)10-16(15)19;/h4-11,17H,2-3,20H2,1H3,(H,21,22);1H. The number of methoxy groups -OCH3 is 1. The molecule has 0 heterocycles. The highest BCUT2D eigenvalue weighted by molar-refractivity contribution is 6.34. The second-order valence-electron chi connectivity index (χ2n) is 5.80. The number of hydrogen-bond acceptors (Lipinski definition) is 3. The molecule has 0 radical (unpaired) electrons. The van der Waals surface area contributed by atoms with E-state index in [2.05, 4.69) is 5.32 Å². The third kappa shape index (κ3) is 4.13. The van der Waals surface area contributed by atoms with Crippen LogP contribution in [0.15, 0.2) is 42.5 Å². The molecule has 0 spiro atoms. The lowest BCUT2D eigenvalue weighted by Crippen LogP contribution is -2.30. The number of nitrogens with one attached hydrogen (secondary N) is 1. The van der Waals surface area contributed by atoms with Gasteiger partial charge in [-0.15, -0.1) is 12.4 Å². The molecule has 6 heteroatoms. The Bertz CT molecular complexity index is 715. The van der Waals surface area contributed by atoms with Crippen molar-refractivity contribution in [3.8, 4) is 5.75 Å². The second kappa shape index (κ2) is 7.77. The van der Waals surface area contributed by atoms with Crippen molar-refractivity contribution in [1.29, 1.82) is 0 Å². The summed E-state index contributed by atoms with van der Waals surface area (Å²) < 4.78 is 5.19. The lowest BCUT2D eigenvalue weighted by atomic mass is 10.0. The van der Waals surface area contributed by atoms with E-state index in [1.807, 2.05) is 24.3 Å². The predicted molar refractivity (Wildman–Crippen MR) is 99.0 cm³/mol. The smallest absolute Gasteiger partial charge is 0.253 e. The number of nitrogens with two attached hydrogens (primary N) is 1. The van der Waals surface area contributed by atoms with E-state index in [0.717, 1.165) is 24.2 Å². The van der Waals surface area contributed by atoms with E-state index in [1.54, 1.807) is 25.3 Å². The Morgan fingerprint density at radius 2 is 1.92 bits per heavy atom. The van der Waals surface area contributed by atoms with Crippen molar-refractivity contribution in [1.82, 2.24) is 5.32 Å². The van der Waals surface area contributed by atoms with Crippen LogP contribution in [0.2, 0.25) is 5.02 Å². The van der Waals surface area contributed by atoms with E-state index < -0.39 is 0 Å². The Morgan fingerprint density at radius 1 is 1.25 bits per heavy atom. The highest BCUT2D eigenvalue weighted by Crippen LogP contribution is 2.41. The summed E-state index contributed by atoms with van der Waals surface area (Å²) in [4.78, 5) is 12.6. The van der Waals surface area contributed by atoms with E-state index in [1.165, 1.54) is 0 Å². The lowest BCUT2D eigenvalue weighted by molar-refractivity contribution is 0.0932. The topological polar surface area (TPSA) is 64.3 Å². The SMILES string of the molecule is COc1ccc(C(NC(=O)c2ccc(N)cc2Cl)C2CC2)cc1.Cl. The van der Waals surface area contributed by atoms with E-state index in [-0.39, 0.29) is 24.4 Å². The monoisotopic (exact) mass is 366 g/mol. The molecule has 0 saturated heterocycles. The van der Waals surface area contributed by atoms with Gasteiger partial charge >= 0.3 is 0 Å². The number of halogens is 2. The number of hydrogen-bond donors (Lipinski definition) is 2. The second-order valence-corrected chi connectivity index (χ2v) is 6.21. The number of nitrogen functional groups attached to an aromatic ring is 1. The number of benzene rings is 2. The fourth-order valence-electron chi connectivity index (χ4n) is 2.65. The van der Waals surface area contributed by atoms with Crippen molar-refractivity contribution in [2.75, 3.05) is 12.8 Å². The number of rotatable bonds is 5. The summed E-state index contributed by atoms with van der Waals surface area (Å²) in [6.07, 6.45) is 2.24. The maximum atomic E-state index is 12.6. The van der Waals surface area contributed by atoms with E-state index in [4.69, 9.17) is 22.1 Å². The molecular weight excluding hydrogens is 347 g/mol. The van der Waals surface area contributed by atoms with Crippen LogP contribution in [0, 0.1) is 5.92 Å². The van der Waals surface area contributed by atoms with Gasteiger partial charge in [0.25, 0.3) is 5.91 Å². The van der Waals surface area contributed by atoms with Crippen LogP contribution in [0.5, 0.6) is 5.75 Å². The Morgan fingerprint density at radius 3 is 2.46 bits per heavy atom. The average Bonchev–Trinajstić information content (AvgIpc) is 3.37. The number of carbonyl (C=O) groups is 1. The van der Waals surface area contributed by atoms with Crippen molar-refractivity contribution in [2.24, 2.45) is 5.92 Å². The Kier molecular flexibility index (Phi) is 5.97. The quantitative estimate of drug-likeness (QED) is 0.778. The van der Waals surface area contributed by atoms with Crippen molar-refractivity contribution in [3.05, 3.63) is 58.6 Å². The first-order valence-corrected chi connectivity index (χ1v) is 7.96.